The topological polar surface area (TPSA) is 128 Å². The van der Waals surface area contributed by atoms with Gasteiger partial charge in [-0.15, -0.1) is 0 Å². The monoisotopic (exact) mass is 377 g/mol. The number of carbonyl (C=O) groups excluding carboxylic acids is 3. The molecule has 0 unspecified atom stereocenters. The molecule has 0 fully saturated rings. The van der Waals surface area contributed by atoms with Crippen molar-refractivity contribution in [2.75, 3.05) is 17.7 Å². The summed E-state index contributed by atoms with van der Waals surface area (Å²) in [5.41, 5.74) is 0.203. The Kier molecular flexibility index (Phi) is 5.86. The van der Waals surface area contributed by atoms with Crippen LogP contribution in [0.25, 0.3) is 0 Å². The molecule has 2 aromatic carbocycles. The number of halogens is 1. The maximum absolute atomic E-state index is 11.9. The highest BCUT2D eigenvalue weighted by molar-refractivity contribution is 6.43. The summed E-state index contributed by atoms with van der Waals surface area (Å²) in [5.74, 6) is -2.56. The van der Waals surface area contributed by atoms with Gasteiger partial charge in [0.1, 0.15) is 5.02 Å². The molecular weight excluding hydrogens is 366 g/mol. The molecule has 0 aliphatic carbocycles. The van der Waals surface area contributed by atoms with E-state index >= 15 is 0 Å². The number of nitrogens with one attached hydrogen (secondary N) is 2. The van der Waals surface area contributed by atoms with Crippen LogP contribution in [0.4, 0.5) is 17.1 Å². The number of nitro benzene ring substituents is 1. The molecule has 10 heteroatoms. The molecule has 26 heavy (non-hydrogen) atoms. The third-order valence-electron chi connectivity index (χ3n) is 3.17. The number of nitro groups is 1. The van der Waals surface area contributed by atoms with E-state index in [1.807, 2.05) is 0 Å². The number of rotatable bonds is 4. The molecule has 2 amide bonds. The van der Waals surface area contributed by atoms with E-state index in [4.69, 9.17) is 11.6 Å². The van der Waals surface area contributed by atoms with Crippen molar-refractivity contribution in [2.45, 2.75) is 0 Å². The van der Waals surface area contributed by atoms with E-state index in [-0.39, 0.29) is 22.0 Å². The van der Waals surface area contributed by atoms with Crippen LogP contribution in [-0.2, 0) is 14.3 Å². The molecule has 0 heterocycles. The summed E-state index contributed by atoms with van der Waals surface area (Å²) in [6.07, 6.45) is 0. The van der Waals surface area contributed by atoms with E-state index in [1.165, 1.54) is 43.5 Å². The molecular formula is C16H12ClN3O6. The van der Waals surface area contributed by atoms with Gasteiger partial charge in [0, 0.05) is 17.4 Å². The molecule has 2 N–H and O–H groups in total. The molecule has 0 saturated heterocycles. The maximum atomic E-state index is 11.9. The predicted octanol–water partition coefficient (Wildman–Crippen LogP) is 2.61. The van der Waals surface area contributed by atoms with Crippen LogP contribution in [0.3, 0.4) is 0 Å². The van der Waals surface area contributed by atoms with Gasteiger partial charge in [0.05, 0.1) is 17.6 Å². The lowest BCUT2D eigenvalue weighted by Gasteiger charge is -2.07. The third-order valence-corrected chi connectivity index (χ3v) is 3.49. The summed E-state index contributed by atoms with van der Waals surface area (Å²) in [5, 5.41) is 15.3. The minimum atomic E-state index is -1.03. The lowest BCUT2D eigenvalue weighted by Crippen LogP contribution is -2.29. The number of anilines is 2. The number of hydrogen-bond donors (Lipinski definition) is 2. The number of benzene rings is 2. The second-order valence-corrected chi connectivity index (χ2v) is 5.31. The Labute approximate surface area is 152 Å². The van der Waals surface area contributed by atoms with Gasteiger partial charge in [0.25, 0.3) is 5.69 Å². The zero-order chi connectivity index (χ0) is 19.3. The molecule has 9 nitrogen and oxygen atoms in total. The predicted molar refractivity (Wildman–Crippen MR) is 93.1 cm³/mol. The Morgan fingerprint density at radius 3 is 2.08 bits per heavy atom. The SMILES string of the molecule is COC(=O)c1ccc(NC(=O)C(=O)Nc2ccc(Cl)c([N+](=O)[O-])c2)cc1. The largest absolute Gasteiger partial charge is 0.465 e. The zero-order valence-electron chi connectivity index (χ0n) is 13.3. The number of hydrogen-bond acceptors (Lipinski definition) is 6. The number of amides is 2. The smallest absolute Gasteiger partial charge is 0.337 e. The molecule has 2 rings (SSSR count). The first kappa shape index (κ1) is 18.9. The van der Waals surface area contributed by atoms with Crippen LogP contribution in [0.5, 0.6) is 0 Å². The van der Waals surface area contributed by atoms with Crippen LogP contribution in [-0.4, -0.2) is 29.8 Å². The van der Waals surface area contributed by atoms with Gasteiger partial charge in [-0.25, -0.2) is 4.79 Å². The first-order valence-electron chi connectivity index (χ1n) is 7.06. The molecule has 0 aliphatic rings. The van der Waals surface area contributed by atoms with Crippen molar-refractivity contribution in [3.05, 3.63) is 63.2 Å². The summed E-state index contributed by atoms with van der Waals surface area (Å²) < 4.78 is 4.55. The second kappa shape index (κ2) is 8.08. The van der Waals surface area contributed by atoms with Crippen LogP contribution in [0.1, 0.15) is 10.4 Å². The van der Waals surface area contributed by atoms with Gasteiger partial charge < -0.3 is 15.4 Å². The molecule has 0 atom stereocenters. The second-order valence-electron chi connectivity index (χ2n) is 4.90. The highest BCUT2D eigenvalue weighted by Crippen LogP contribution is 2.27. The minimum Gasteiger partial charge on any atom is -0.465 e. The van der Waals surface area contributed by atoms with Gasteiger partial charge in [-0.05, 0) is 36.4 Å². The average Bonchev–Trinajstić information content (AvgIpc) is 2.62. The number of esters is 1. The fourth-order valence-electron chi connectivity index (χ4n) is 1.91. The fourth-order valence-corrected chi connectivity index (χ4v) is 2.10. The Balaban J connectivity index is 2.04. The Morgan fingerprint density at radius 2 is 1.54 bits per heavy atom. The molecule has 0 radical (unpaired) electrons. The van der Waals surface area contributed by atoms with Gasteiger partial charge in [0.2, 0.25) is 0 Å². The Bertz CT molecular complexity index is 882. The zero-order valence-corrected chi connectivity index (χ0v) is 14.1. The van der Waals surface area contributed by atoms with Crippen LogP contribution in [0.15, 0.2) is 42.5 Å². The molecule has 0 aromatic heterocycles. The maximum Gasteiger partial charge on any atom is 0.337 e. The van der Waals surface area contributed by atoms with Gasteiger partial charge in [0.15, 0.2) is 0 Å². The molecule has 2 aromatic rings. The van der Waals surface area contributed by atoms with Gasteiger partial charge in [-0.3, -0.25) is 19.7 Å². The molecule has 0 bridgehead atoms. The van der Waals surface area contributed by atoms with Crippen molar-refractivity contribution in [2.24, 2.45) is 0 Å². The van der Waals surface area contributed by atoms with Crippen LogP contribution in [0, 0.1) is 10.1 Å². The van der Waals surface area contributed by atoms with E-state index in [0.29, 0.717) is 0 Å². The molecule has 0 saturated carbocycles. The van der Waals surface area contributed by atoms with Crippen LogP contribution in [0.2, 0.25) is 5.02 Å². The number of carbonyl (C=O) groups is 3. The summed E-state index contributed by atoms with van der Waals surface area (Å²) >= 11 is 5.68. The van der Waals surface area contributed by atoms with E-state index < -0.39 is 28.4 Å². The van der Waals surface area contributed by atoms with Gasteiger partial charge in [-0.1, -0.05) is 11.6 Å². The minimum absolute atomic E-state index is 0.0438. The van der Waals surface area contributed by atoms with Crippen molar-refractivity contribution in [1.29, 1.82) is 0 Å². The number of nitrogens with zero attached hydrogens (tertiary/aromatic N) is 1. The van der Waals surface area contributed by atoms with E-state index in [0.717, 1.165) is 6.07 Å². The van der Waals surface area contributed by atoms with Crippen molar-refractivity contribution in [3.8, 4) is 0 Å². The van der Waals surface area contributed by atoms with Crippen molar-refractivity contribution >= 4 is 46.4 Å². The fraction of sp³-hybridized carbons (Fsp3) is 0.0625. The molecule has 0 aliphatic heterocycles. The van der Waals surface area contributed by atoms with Crippen LogP contribution < -0.4 is 10.6 Å². The van der Waals surface area contributed by atoms with E-state index in [1.54, 1.807) is 0 Å². The lowest BCUT2D eigenvalue weighted by molar-refractivity contribution is -0.384. The lowest BCUT2D eigenvalue weighted by atomic mass is 10.2. The summed E-state index contributed by atoms with van der Waals surface area (Å²) in [4.78, 5) is 45.3. The highest BCUT2D eigenvalue weighted by Gasteiger charge is 2.18. The molecule has 134 valence electrons. The molecule has 0 spiro atoms. The summed E-state index contributed by atoms with van der Waals surface area (Å²) in [6.45, 7) is 0. The van der Waals surface area contributed by atoms with Crippen molar-refractivity contribution < 1.29 is 24.0 Å². The number of ether oxygens (including phenoxy) is 1. The van der Waals surface area contributed by atoms with Crippen molar-refractivity contribution in [1.82, 2.24) is 0 Å². The van der Waals surface area contributed by atoms with E-state index in [9.17, 15) is 24.5 Å². The standard InChI is InChI=1S/C16H12ClN3O6/c1-26-16(23)9-2-4-10(5-3-9)18-14(21)15(22)19-11-6-7-12(17)13(8-11)20(24)25/h2-8H,1H3,(H,18,21)(H,19,22). The van der Waals surface area contributed by atoms with Gasteiger partial charge >= 0.3 is 17.8 Å². The quantitative estimate of drug-likeness (QED) is 0.365. The van der Waals surface area contributed by atoms with Crippen molar-refractivity contribution in [3.63, 3.8) is 0 Å². The Hall–Kier alpha value is -3.46. The van der Waals surface area contributed by atoms with E-state index in [2.05, 4.69) is 15.4 Å². The average molecular weight is 378 g/mol. The normalized spacial score (nSPS) is 9.92. The van der Waals surface area contributed by atoms with Gasteiger partial charge in [-0.2, -0.15) is 0 Å². The Morgan fingerprint density at radius 1 is 1.00 bits per heavy atom. The third kappa shape index (κ3) is 4.54. The summed E-state index contributed by atoms with van der Waals surface area (Å²) in [6, 6.07) is 9.28. The highest BCUT2D eigenvalue weighted by atomic mass is 35.5. The summed E-state index contributed by atoms with van der Waals surface area (Å²) in [7, 11) is 1.24. The first-order valence-corrected chi connectivity index (χ1v) is 7.44. The van der Waals surface area contributed by atoms with Crippen LogP contribution >= 0.6 is 11.6 Å². The number of methoxy groups -OCH3 is 1. The first-order chi connectivity index (χ1) is 12.3.